The molecule has 47 heavy (non-hydrogen) atoms. The van der Waals surface area contributed by atoms with E-state index in [0.29, 0.717) is 23.4 Å². The number of nitro groups is 1. The van der Waals surface area contributed by atoms with Crippen molar-refractivity contribution in [2.24, 2.45) is 11.3 Å². The van der Waals surface area contributed by atoms with Gasteiger partial charge in [-0.05, 0) is 60.4 Å². The second-order valence-corrected chi connectivity index (χ2v) is 12.8. The van der Waals surface area contributed by atoms with Gasteiger partial charge in [-0.2, -0.15) is 0 Å². The third-order valence-electron chi connectivity index (χ3n) is 6.75. The van der Waals surface area contributed by atoms with Crippen LogP contribution in [0.1, 0.15) is 71.8 Å². The fraction of sp³-hybridized carbons (Fsp3) is 0.412. The minimum Gasteiger partial charge on any atom is -0.480 e. The Morgan fingerprint density at radius 3 is 1.81 bits per heavy atom. The lowest BCUT2D eigenvalue weighted by molar-refractivity contribution is -0.403. The number of carbonyl (C=O) groups is 4. The van der Waals surface area contributed by atoms with Crippen molar-refractivity contribution in [2.45, 2.75) is 78.3 Å². The standard InChI is InChI=1S/C34H45N5O8/c1-22(2)19-26(23-15-17-25(18-16-23)36-29(21-39(46)47)35-24-11-7-6-8-12-24)31(41)38-28(33(44)45)14-10-9-13-27(32(42)43)37-30(40)20-34(3,4)5/h6-12,15-18,21-22,26-28,35-36H,13-14,19-20H2,1-5H3,(H,37,40)(H,38,41)(H,42,43)(H,44,45)/b10-9+,29-21+. The summed E-state index contributed by atoms with van der Waals surface area (Å²) in [5.41, 5.74) is 1.48. The summed E-state index contributed by atoms with van der Waals surface area (Å²) in [5.74, 6) is -3.81. The molecule has 0 bridgehead atoms. The van der Waals surface area contributed by atoms with E-state index in [1.807, 2.05) is 40.7 Å². The molecule has 0 aliphatic heterocycles. The summed E-state index contributed by atoms with van der Waals surface area (Å²) in [6.45, 7) is 9.47. The van der Waals surface area contributed by atoms with Gasteiger partial charge in [-0.1, -0.05) is 77.1 Å². The number of hydrogen-bond donors (Lipinski definition) is 6. The topological polar surface area (TPSA) is 200 Å². The molecule has 0 aliphatic rings. The number of hydrogen-bond acceptors (Lipinski definition) is 8. The van der Waals surface area contributed by atoms with Crippen molar-refractivity contribution >= 4 is 35.1 Å². The van der Waals surface area contributed by atoms with E-state index in [1.54, 1.807) is 48.5 Å². The van der Waals surface area contributed by atoms with Crippen LogP contribution in [0.25, 0.3) is 0 Å². The Morgan fingerprint density at radius 1 is 0.830 bits per heavy atom. The third-order valence-corrected chi connectivity index (χ3v) is 6.75. The molecule has 0 aliphatic carbocycles. The van der Waals surface area contributed by atoms with Crippen molar-refractivity contribution in [2.75, 3.05) is 10.6 Å². The number of carboxylic acids is 2. The van der Waals surface area contributed by atoms with Gasteiger partial charge in [0.25, 0.3) is 6.20 Å². The predicted molar refractivity (Wildman–Crippen MR) is 179 cm³/mol. The molecule has 0 radical (unpaired) electrons. The molecule has 0 saturated heterocycles. The molecule has 2 aromatic rings. The summed E-state index contributed by atoms with van der Waals surface area (Å²) in [6, 6.07) is 13.2. The number of anilines is 2. The Labute approximate surface area is 274 Å². The number of rotatable bonds is 18. The summed E-state index contributed by atoms with van der Waals surface area (Å²) in [4.78, 5) is 59.9. The van der Waals surface area contributed by atoms with Crippen LogP contribution in [0.2, 0.25) is 0 Å². The van der Waals surface area contributed by atoms with Gasteiger partial charge in [0, 0.05) is 17.8 Å². The van der Waals surface area contributed by atoms with Crippen LogP contribution in [0.3, 0.4) is 0 Å². The third kappa shape index (κ3) is 14.6. The molecule has 0 saturated carbocycles. The maximum atomic E-state index is 13.4. The molecule has 3 atom stereocenters. The maximum absolute atomic E-state index is 13.4. The Kier molecular flexibility index (Phi) is 14.6. The van der Waals surface area contributed by atoms with Crippen LogP contribution in [0.15, 0.2) is 78.8 Å². The lowest BCUT2D eigenvalue weighted by Gasteiger charge is -2.22. The van der Waals surface area contributed by atoms with Crippen LogP contribution in [-0.4, -0.2) is 51.0 Å². The van der Waals surface area contributed by atoms with Gasteiger partial charge in [0.1, 0.15) is 12.1 Å². The zero-order chi connectivity index (χ0) is 35.1. The Balaban J connectivity index is 2.12. The van der Waals surface area contributed by atoms with E-state index in [0.717, 1.165) is 6.20 Å². The van der Waals surface area contributed by atoms with E-state index in [4.69, 9.17) is 0 Å². The van der Waals surface area contributed by atoms with Gasteiger partial charge < -0.3 is 31.5 Å². The molecule has 0 spiro atoms. The molecule has 2 amide bonds. The molecule has 13 nitrogen and oxygen atoms in total. The summed E-state index contributed by atoms with van der Waals surface area (Å²) >= 11 is 0. The van der Waals surface area contributed by atoms with Crippen LogP contribution in [0.4, 0.5) is 11.4 Å². The molecule has 13 heteroatoms. The van der Waals surface area contributed by atoms with Crippen LogP contribution in [0, 0.1) is 21.4 Å². The average molecular weight is 652 g/mol. The SMILES string of the molecule is CC(C)CC(C(=O)NC(C/C=C/CC(NC(=O)CC(C)(C)C)C(=O)O)C(=O)O)c1ccc(N/C(=C/[N+](=O)[O-])Nc2ccccc2)cc1. The number of carboxylic acid groups (broad SMARTS) is 2. The molecule has 0 fully saturated rings. The fourth-order valence-corrected chi connectivity index (χ4v) is 4.61. The first-order valence-corrected chi connectivity index (χ1v) is 15.3. The van der Waals surface area contributed by atoms with Gasteiger partial charge in [0.15, 0.2) is 5.82 Å². The van der Waals surface area contributed by atoms with E-state index >= 15 is 0 Å². The molecule has 2 aromatic carbocycles. The summed E-state index contributed by atoms with van der Waals surface area (Å²) in [5, 5.41) is 41.5. The summed E-state index contributed by atoms with van der Waals surface area (Å²) in [7, 11) is 0. The quantitative estimate of drug-likeness (QED) is 0.0695. The number of benzene rings is 2. The van der Waals surface area contributed by atoms with E-state index in [1.165, 1.54) is 12.2 Å². The highest BCUT2D eigenvalue weighted by Gasteiger charge is 2.27. The Hall–Kier alpha value is -5.20. The largest absolute Gasteiger partial charge is 0.480 e. The second-order valence-electron chi connectivity index (χ2n) is 12.8. The number of nitrogens with one attached hydrogen (secondary N) is 4. The van der Waals surface area contributed by atoms with Gasteiger partial charge in [-0.25, -0.2) is 9.59 Å². The number of amides is 2. The first-order chi connectivity index (χ1) is 22.0. The average Bonchev–Trinajstić information content (AvgIpc) is 2.96. The lowest BCUT2D eigenvalue weighted by Crippen LogP contribution is -2.43. The van der Waals surface area contributed by atoms with Gasteiger partial charge in [-0.3, -0.25) is 19.7 Å². The number of nitrogens with zero attached hydrogens (tertiary/aromatic N) is 1. The van der Waals surface area contributed by atoms with Crippen LogP contribution in [0.5, 0.6) is 0 Å². The van der Waals surface area contributed by atoms with Crippen molar-refractivity contribution in [3.8, 4) is 0 Å². The van der Waals surface area contributed by atoms with Crippen molar-refractivity contribution in [3.05, 3.63) is 94.4 Å². The monoisotopic (exact) mass is 651 g/mol. The number of para-hydroxylation sites is 1. The molecule has 3 unspecified atom stereocenters. The minimum absolute atomic E-state index is 0.0543. The van der Waals surface area contributed by atoms with E-state index in [2.05, 4.69) is 21.3 Å². The minimum atomic E-state index is -1.27. The smallest absolute Gasteiger partial charge is 0.326 e. The van der Waals surface area contributed by atoms with Crippen molar-refractivity contribution in [3.63, 3.8) is 0 Å². The normalized spacial score (nSPS) is 13.8. The van der Waals surface area contributed by atoms with Gasteiger partial charge in [0.05, 0.1) is 10.8 Å². The zero-order valence-corrected chi connectivity index (χ0v) is 27.4. The van der Waals surface area contributed by atoms with Crippen LogP contribution < -0.4 is 21.3 Å². The van der Waals surface area contributed by atoms with Crippen molar-refractivity contribution in [1.29, 1.82) is 0 Å². The molecular weight excluding hydrogens is 606 g/mol. The highest BCUT2D eigenvalue weighted by Crippen LogP contribution is 2.26. The molecule has 6 N–H and O–H groups in total. The molecule has 0 aromatic heterocycles. The second kappa shape index (κ2) is 18.1. The highest BCUT2D eigenvalue weighted by molar-refractivity contribution is 5.88. The van der Waals surface area contributed by atoms with Crippen molar-refractivity contribution in [1.82, 2.24) is 10.6 Å². The number of aliphatic carboxylic acids is 2. The van der Waals surface area contributed by atoms with Gasteiger partial charge >= 0.3 is 11.9 Å². The highest BCUT2D eigenvalue weighted by atomic mass is 16.6. The molecule has 0 heterocycles. The predicted octanol–water partition coefficient (Wildman–Crippen LogP) is 5.33. The zero-order valence-electron chi connectivity index (χ0n) is 27.4. The first kappa shape index (κ1) is 38.0. The van der Waals surface area contributed by atoms with Crippen LogP contribution >= 0.6 is 0 Å². The van der Waals surface area contributed by atoms with Crippen molar-refractivity contribution < 1.29 is 34.3 Å². The Bertz CT molecular complexity index is 1430. The molecule has 254 valence electrons. The molecule has 2 rings (SSSR count). The van der Waals surface area contributed by atoms with Crippen LogP contribution in [-0.2, 0) is 19.2 Å². The lowest BCUT2D eigenvalue weighted by atomic mass is 9.89. The summed E-state index contributed by atoms with van der Waals surface area (Å²) < 4.78 is 0. The maximum Gasteiger partial charge on any atom is 0.326 e. The molecular formula is C34H45N5O8. The van der Waals surface area contributed by atoms with E-state index < -0.39 is 46.7 Å². The summed E-state index contributed by atoms with van der Waals surface area (Å²) in [6.07, 6.45) is 4.18. The van der Waals surface area contributed by atoms with Gasteiger partial charge in [0.2, 0.25) is 11.8 Å². The fourth-order valence-electron chi connectivity index (χ4n) is 4.61. The van der Waals surface area contributed by atoms with E-state index in [-0.39, 0.29) is 36.4 Å². The van der Waals surface area contributed by atoms with E-state index in [9.17, 15) is 39.5 Å². The first-order valence-electron chi connectivity index (χ1n) is 15.3. The van der Waals surface area contributed by atoms with Gasteiger partial charge in [-0.15, -0.1) is 0 Å². The number of carbonyl (C=O) groups excluding carboxylic acids is 2. The Morgan fingerprint density at radius 2 is 1.34 bits per heavy atom.